The minimum atomic E-state index is -0.545. The Hall–Kier alpha value is -0.900. The molecule has 54 valence electrons. The van der Waals surface area contributed by atoms with Crippen molar-refractivity contribution in [2.24, 2.45) is 0 Å². The third-order valence-corrected chi connectivity index (χ3v) is 0.546. The van der Waals surface area contributed by atoms with Crippen LogP contribution in [0.15, 0.2) is 0 Å². The van der Waals surface area contributed by atoms with E-state index in [9.17, 15) is 9.59 Å². The van der Waals surface area contributed by atoms with E-state index in [1.165, 1.54) is 6.92 Å². The van der Waals surface area contributed by atoms with Crippen molar-refractivity contribution in [1.29, 1.82) is 0 Å². The predicted molar refractivity (Wildman–Crippen MR) is 32.1 cm³/mol. The van der Waals surface area contributed by atoms with Crippen LogP contribution in [0.3, 0.4) is 0 Å². The molecule has 4 heteroatoms. The van der Waals surface area contributed by atoms with Crippen LogP contribution in [-0.2, 0) is 14.3 Å². The first-order valence-corrected chi connectivity index (χ1v) is 2.38. The van der Waals surface area contributed by atoms with Crippen LogP contribution in [0.1, 0.15) is 20.3 Å². The molecule has 0 fully saturated rings. The zero-order chi connectivity index (χ0) is 6.57. The number of rotatable bonds is 1. The maximum absolute atomic E-state index is 10.2. The van der Waals surface area contributed by atoms with Gasteiger partial charge in [-0.2, -0.15) is 0 Å². The number of ether oxygens (including phenoxy) is 1. The average molecular weight is 133 g/mol. The van der Waals surface area contributed by atoms with Gasteiger partial charge < -0.3 is 10.9 Å². The topological polar surface area (TPSA) is 78.4 Å². The second-order valence-corrected chi connectivity index (χ2v) is 1.32. The molecule has 0 aromatic carbocycles. The highest BCUT2D eigenvalue weighted by Crippen LogP contribution is 1.82. The van der Waals surface area contributed by atoms with Crippen LogP contribution in [0.25, 0.3) is 0 Å². The third kappa shape index (κ3) is 7.10. The van der Waals surface area contributed by atoms with Crippen LogP contribution < -0.4 is 6.15 Å². The minimum Gasteiger partial charge on any atom is -0.393 e. The predicted octanol–water partition coefficient (Wildman–Crippen LogP) is 0.648. The standard InChI is InChI=1S/C5H8O3.H3N/c1-3-5(7)8-4(2)6;/h3H2,1-2H3;1H3. The van der Waals surface area contributed by atoms with E-state index in [0.29, 0.717) is 0 Å². The zero-order valence-electron chi connectivity index (χ0n) is 5.64. The van der Waals surface area contributed by atoms with Crippen molar-refractivity contribution in [2.75, 3.05) is 0 Å². The summed E-state index contributed by atoms with van der Waals surface area (Å²) in [6.07, 6.45) is 0.250. The smallest absolute Gasteiger partial charge is 0.313 e. The van der Waals surface area contributed by atoms with E-state index < -0.39 is 11.9 Å². The number of hydrogen-bond acceptors (Lipinski definition) is 4. The summed E-state index contributed by atoms with van der Waals surface area (Å²) in [7, 11) is 0. The molecule has 0 heterocycles. The zero-order valence-corrected chi connectivity index (χ0v) is 5.64. The lowest BCUT2D eigenvalue weighted by atomic mass is 10.5. The van der Waals surface area contributed by atoms with E-state index in [4.69, 9.17) is 0 Å². The highest BCUT2D eigenvalue weighted by atomic mass is 16.6. The molecular weight excluding hydrogens is 122 g/mol. The SMILES string of the molecule is CCC(=O)OC(C)=O.N. The first-order chi connectivity index (χ1) is 3.66. The van der Waals surface area contributed by atoms with Crippen LogP contribution >= 0.6 is 0 Å². The van der Waals surface area contributed by atoms with E-state index >= 15 is 0 Å². The monoisotopic (exact) mass is 133 g/mol. The minimum absolute atomic E-state index is 0. The van der Waals surface area contributed by atoms with Gasteiger partial charge in [-0.05, 0) is 0 Å². The number of esters is 2. The first-order valence-electron chi connectivity index (χ1n) is 2.38. The highest BCUT2D eigenvalue weighted by Gasteiger charge is 1.99. The van der Waals surface area contributed by atoms with Crippen molar-refractivity contribution >= 4 is 11.9 Å². The lowest BCUT2D eigenvalue weighted by Crippen LogP contribution is -2.06. The summed E-state index contributed by atoms with van der Waals surface area (Å²) in [5.41, 5.74) is 0. The molecule has 0 spiro atoms. The molecule has 0 aliphatic heterocycles. The van der Waals surface area contributed by atoms with Crippen molar-refractivity contribution in [1.82, 2.24) is 6.15 Å². The molecule has 0 aliphatic rings. The quantitative estimate of drug-likeness (QED) is 0.420. The molecule has 0 rings (SSSR count). The Bertz CT molecular complexity index is 111. The van der Waals surface area contributed by atoms with E-state index in [1.54, 1.807) is 6.92 Å². The highest BCUT2D eigenvalue weighted by molar-refractivity contribution is 5.83. The average Bonchev–Trinajstić information content (AvgIpc) is 1.65. The summed E-state index contributed by atoms with van der Waals surface area (Å²) in [4.78, 5) is 20.1. The first kappa shape index (κ1) is 11.0. The molecule has 3 N–H and O–H groups in total. The van der Waals surface area contributed by atoms with Crippen molar-refractivity contribution in [3.8, 4) is 0 Å². The molecule has 0 saturated carbocycles. The molecule has 0 amide bonds. The molecule has 0 bridgehead atoms. The van der Waals surface area contributed by atoms with E-state index in [0.717, 1.165) is 0 Å². The molecule has 0 radical (unpaired) electrons. The van der Waals surface area contributed by atoms with Crippen LogP contribution in [0.5, 0.6) is 0 Å². The molecule has 4 nitrogen and oxygen atoms in total. The Morgan fingerprint density at radius 2 is 1.89 bits per heavy atom. The Morgan fingerprint density at radius 3 is 2.00 bits per heavy atom. The Labute approximate surface area is 53.8 Å². The van der Waals surface area contributed by atoms with Gasteiger partial charge in [0.1, 0.15) is 0 Å². The van der Waals surface area contributed by atoms with Gasteiger partial charge in [0.05, 0.1) is 0 Å². The summed E-state index contributed by atoms with van der Waals surface area (Å²) in [6.45, 7) is 2.83. The fourth-order valence-corrected chi connectivity index (χ4v) is 0.232. The number of carbonyl (C=O) groups excluding carboxylic acids is 2. The van der Waals surface area contributed by atoms with E-state index in [2.05, 4.69) is 4.74 Å². The van der Waals surface area contributed by atoms with E-state index in [-0.39, 0.29) is 12.6 Å². The summed E-state index contributed by atoms with van der Waals surface area (Å²) >= 11 is 0. The van der Waals surface area contributed by atoms with Gasteiger partial charge in [0, 0.05) is 13.3 Å². The molecule has 0 aromatic heterocycles. The molecule has 0 aliphatic carbocycles. The number of hydrogen-bond donors (Lipinski definition) is 1. The summed E-state index contributed by atoms with van der Waals surface area (Å²) < 4.78 is 4.12. The molecule has 0 aromatic rings. The molecule has 9 heavy (non-hydrogen) atoms. The largest absolute Gasteiger partial charge is 0.393 e. The summed E-state index contributed by atoms with van der Waals surface area (Å²) in [6, 6.07) is 0. The molecule has 0 saturated heterocycles. The number of carbonyl (C=O) groups is 2. The Morgan fingerprint density at radius 1 is 1.44 bits per heavy atom. The molecular formula is C5H11NO3. The van der Waals surface area contributed by atoms with Gasteiger partial charge in [-0.15, -0.1) is 0 Å². The van der Waals surface area contributed by atoms with Crippen LogP contribution in [-0.4, -0.2) is 11.9 Å². The van der Waals surface area contributed by atoms with Crippen LogP contribution in [0, 0.1) is 0 Å². The van der Waals surface area contributed by atoms with Gasteiger partial charge in [0.2, 0.25) is 0 Å². The Kier molecular flexibility index (Phi) is 6.39. The maximum Gasteiger partial charge on any atom is 0.313 e. The maximum atomic E-state index is 10.2. The fraction of sp³-hybridized carbons (Fsp3) is 0.600. The van der Waals surface area contributed by atoms with Crippen molar-refractivity contribution in [3.63, 3.8) is 0 Å². The molecule has 0 unspecified atom stereocenters. The van der Waals surface area contributed by atoms with Gasteiger partial charge in [0.25, 0.3) is 0 Å². The summed E-state index contributed by atoms with van der Waals surface area (Å²) in [5.74, 6) is -1.02. The van der Waals surface area contributed by atoms with Gasteiger partial charge in [-0.3, -0.25) is 9.59 Å². The van der Waals surface area contributed by atoms with Crippen LogP contribution in [0.2, 0.25) is 0 Å². The van der Waals surface area contributed by atoms with Crippen molar-refractivity contribution in [3.05, 3.63) is 0 Å². The van der Waals surface area contributed by atoms with E-state index in [1.807, 2.05) is 0 Å². The van der Waals surface area contributed by atoms with Gasteiger partial charge in [-0.1, -0.05) is 6.92 Å². The van der Waals surface area contributed by atoms with Gasteiger partial charge in [0.15, 0.2) is 0 Å². The fourth-order valence-electron chi connectivity index (χ4n) is 0.232. The van der Waals surface area contributed by atoms with Gasteiger partial charge in [-0.25, -0.2) is 0 Å². The van der Waals surface area contributed by atoms with Gasteiger partial charge >= 0.3 is 11.9 Å². The normalized spacial score (nSPS) is 7.33. The third-order valence-electron chi connectivity index (χ3n) is 0.546. The summed E-state index contributed by atoms with van der Waals surface area (Å²) in [5, 5.41) is 0. The second-order valence-electron chi connectivity index (χ2n) is 1.32. The van der Waals surface area contributed by atoms with Crippen LogP contribution in [0.4, 0.5) is 0 Å². The lowest BCUT2D eigenvalue weighted by Gasteiger charge is -1.92. The lowest BCUT2D eigenvalue weighted by molar-refractivity contribution is -0.157. The van der Waals surface area contributed by atoms with Crippen molar-refractivity contribution < 1.29 is 14.3 Å². The Balaban J connectivity index is 0. The second kappa shape index (κ2) is 5.24. The van der Waals surface area contributed by atoms with Crippen molar-refractivity contribution in [2.45, 2.75) is 20.3 Å². The molecule has 0 atom stereocenters.